The van der Waals surface area contributed by atoms with Crippen molar-refractivity contribution in [3.63, 3.8) is 0 Å². The van der Waals surface area contributed by atoms with Crippen LogP contribution in [0, 0.1) is 0 Å². The largest absolute Gasteiger partial charge is 0.481 e. The van der Waals surface area contributed by atoms with E-state index in [1.165, 1.54) is 7.11 Å². The molecular formula is C11H20O5. The molecule has 0 aliphatic carbocycles. The highest BCUT2D eigenvalue weighted by atomic mass is 16.6. The summed E-state index contributed by atoms with van der Waals surface area (Å²) in [6, 6.07) is 0. The molecule has 0 aliphatic rings. The first-order valence-electron chi connectivity index (χ1n) is 5.46. The van der Waals surface area contributed by atoms with Gasteiger partial charge in [0.25, 0.3) is 0 Å². The molecule has 0 fully saturated rings. The molecule has 0 saturated carbocycles. The van der Waals surface area contributed by atoms with E-state index in [0.717, 1.165) is 6.42 Å². The summed E-state index contributed by atoms with van der Waals surface area (Å²) in [6.45, 7) is 3.73. The molecule has 0 rings (SSSR count). The quantitative estimate of drug-likeness (QED) is 0.643. The Bertz CT molecular complexity index is 226. The summed E-state index contributed by atoms with van der Waals surface area (Å²) >= 11 is 0. The molecule has 0 radical (unpaired) electrons. The van der Waals surface area contributed by atoms with Gasteiger partial charge in [-0.05, 0) is 26.2 Å². The van der Waals surface area contributed by atoms with Crippen LogP contribution in [0.25, 0.3) is 0 Å². The van der Waals surface area contributed by atoms with Crippen LogP contribution < -0.4 is 0 Å². The zero-order valence-corrected chi connectivity index (χ0v) is 10.1. The lowest BCUT2D eigenvalue weighted by molar-refractivity contribution is -0.161. The number of carboxylic acid groups (broad SMARTS) is 1. The summed E-state index contributed by atoms with van der Waals surface area (Å²) in [5.41, 5.74) is 0. The van der Waals surface area contributed by atoms with E-state index in [1.54, 1.807) is 0 Å². The fourth-order valence-corrected chi connectivity index (χ4v) is 1.13. The molecule has 94 valence electrons. The average Bonchev–Trinajstić information content (AvgIpc) is 2.23. The number of carbonyl (C=O) groups excluding carboxylic acids is 1. The number of hydrogen-bond donors (Lipinski definition) is 1. The smallest absolute Gasteiger partial charge is 0.335 e. The normalized spacial score (nSPS) is 14.2. The zero-order chi connectivity index (χ0) is 12.6. The van der Waals surface area contributed by atoms with Crippen molar-refractivity contribution in [2.45, 2.75) is 51.7 Å². The van der Waals surface area contributed by atoms with Crippen molar-refractivity contribution in [2.75, 3.05) is 7.11 Å². The third-order valence-corrected chi connectivity index (χ3v) is 2.30. The Hall–Kier alpha value is -1.10. The molecular weight excluding hydrogens is 212 g/mol. The summed E-state index contributed by atoms with van der Waals surface area (Å²) in [5.74, 6) is -1.28. The molecule has 0 bridgehead atoms. The number of carboxylic acids is 1. The highest BCUT2D eigenvalue weighted by Gasteiger charge is 2.21. The van der Waals surface area contributed by atoms with Gasteiger partial charge in [0.1, 0.15) is 0 Å². The molecule has 5 heteroatoms. The van der Waals surface area contributed by atoms with Gasteiger partial charge in [0, 0.05) is 13.5 Å². The van der Waals surface area contributed by atoms with Crippen LogP contribution in [0.2, 0.25) is 0 Å². The first-order valence-corrected chi connectivity index (χ1v) is 5.46. The van der Waals surface area contributed by atoms with Crippen molar-refractivity contribution >= 4 is 11.9 Å². The fraction of sp³-hybridized carbons (Fsp3) is 0.818. The minimum absolute atomic E-state index is 0.0382. The van der Waals surface area contributed by atoms with Gasteiger partial charge in [-0.3, -0.25) is 4.79 Å². The van der Waals surface area contributed by atoms with Gasteiger partial charge < -0.3 is 14.6 Å². The first-order chi connectivity index (χ1) is 7.51. The minimum Gasteiger partial charge on any atom is -0.481 e. The van der Waals surface area contributed by atoms with Crippen LogP contribution in [-0.2, 0) is 19.1 Å². The maximum absolute atomic E-state index is 11.5. The van der Waals surface area contributed by atoms with Crippen molar-refractivity contribution in [3.8, 4) is 0 Å². The van der Waals surface area contributed by atoms with Crippen LogP contribution in [0.5, 0.6) is 0 Å². The number of hydrogen-bond acceptors (Lipinski definition) is 4. The maximum atomic E-state index is 11.5. The lowest BCUT2D eigenvalue weighted by Crippen LogP contribution is -2.28. The van der Waals surface area contributed by atoms with E-state index in [-0.39, 0.29) is 12.5 Å². The molecule has 0 aromatic carbocycles. The van der Waals surface area contributed by atoms with Crippen molar-refractivity contribution in [1.29, 1.82) is 0 Å². The highest BCUT2D eigenvalue weighted by Crippen LogP contribution is 2.08. The van der Waals surface area contributed by atoms with Crippen LogP contribution in [0.1, 0.15) is 39.5 Å². The number of ether oxygens (including phenoxy) is 2. The van der Waals surface area contributed by atoms with Crippen LogP contribution in [-0.4, -0.2) is 36.4 Å². The van der Waals surface area contributed by atoms with Gasteiger partial charge in [0.2, 0.25) is 0 Å². The fourth-order valence-electron chi connectivity index (χ4n) is 1.13. The van der Waals surface area contributed by atoms with Gasteiger partial charge in [0.05, 0.1) is 6.10 Å². The number of rotatable bonds is 8. The highest BCUT2D eigenvalue weighted by molar-refractivity contribution is 5.75. The van der Waals surface area contributed by atoms with E-state index in [0.29, 0.717) is 12.8 Å². The second-order valence-corrected chi connectivity index (χ2v) is 3.67. The second kappa shape index (κ2) is 8.10. The van der Waals surface area contributed by atoms with Crippen LogP contribution in [0.4, 0.5) is 0 Å². The van der Waals surface area contributed by atoms with E-state index in [1.807, 2.05) is 13.8 Å². The van der Waals surface area contributed by atoms with E-state index < -0.39 is 18.0 Å². The number of methoxy groups -OCH3 is 1. The Morgan fingerprint density at radius 2 is 2.00 bits per heavy atom. The monoisotopic (exact) mass is 232 g/mol. The lowest BCUT2D eigenvalue weighted by atomic mass is 10.1. The first kappa shape index (κ1) is 14.9. The standard InChI is InChI=1S/C11H20O5/c1-4-8(2)16-11(14)9(15-3)6-5-7-10(12)13/h8-9H,4-7H2,1-3H3,(H,12,13). The molecule has 0 spiro atoms. The summed E-state index contributed by atoms with van der Waals surface area (Å²) in [4.78, 5) is 21.8. The van der Waals surface area contributed by atoms with Crippen molar-refractivity contribution in [1.82, 2.24) is 0 Å². The Morgan fingerprint density at radius 1 is 1.38 bits per heavy atom. The Labute approximate surface area is 95.7 Å². The molecule has 0 amide bonds. The van der Waals surface area contributed by atoms with E-state index in [9.17, 15) is 9.59 Å². The number of esters is 1. The second-order valence-electron chi connectivity index (χ2n) is 3.67. The minimum atomic E-state index is -0.870. The van der Waals surface area contributed by atoms with Gasteiger partial charge in [-0.2, -0.15) is 0 Å². The summed E-state index contributed by atoms with van der Waals surface area (Å²) in [6.07, 6.45) is 0.771. The van der Waals surface area contributed by atoms with Gasteiger partial charge in [-0.1, -0.05) is 6.92 Å². The predicted octanol–water partition coefficient (Wildman–Crippen LogP) is 1.60. The summed E-state index contributed by atoms with van der Waals surface area (Å²) in [5, 5.41) is 8.46. The van der Waals surface area contributed by atoms with Crippen LogP contribution >= 0.6 is 0 Å². The van der Waals surface area contributed by atoms with E-state index >= 15 is 0 Å². The topological polar surface area (TPSA) is 72.8 Å². The zero-order valence-electron chi connectivity index (χ0n) is 10.1. The summed E-state index contributed by atoms with van der Waals surface area (Å²) in [7, 11) is 1.42. The Balaban J connectivity index is 3.96. The Morgan fingerprint density at radius 3 is 2.44 bits per heavy atom. The molecule has 5 nitrogen and oxygen atoms in total. The van der Waals surface area contributed by atoms with E-state index in [2.05, 4.69) is 0 Å². The summed E-state index contributed by atoms with van der Waals surface area (Å²) < 4.78 is 10.1. The number of aliphatic carboxylic acids is 1. The predicted molar refractivity (Wildman–Crippen MR) is 58.1 cm³/mol. The van der Waals surface area contributed by atoms with Crippen molar-refractivity contribution in [2.24, 2.45) is 0 Å². The third-order valence-electron chi connectivity index (χ3n) is 2.30. The average molecular weight is 232 g/mol. The molecule has 0 saturated heterocycles. The molecule has 0 aliphatic heterocycles. The van der Waals surface area contributed by atoms with Gasteiger partial charge in [0.15, 0.2) is 6.10 Å². The van der Waals surface area contributed by atoms with Crippen molar-refractivity contribution < 1.29 is 24.2 Å². The molecule has 0 heterocycles. The molecule has 1 N–H and O–H groups in total. The number of carbonyl (C=O) groups is 2. The van der Waals surface area contributed by atoms with Gasteiger partial charge in [-0.25, -0.2) is 4.79 Å². The van der Waals surface area contributed by atoms with Crippen LogP contribution in [0.15, 0.2) is 0 Å². The molecule has 16 heavy (non-hydrogen) atoms. The van der Waals surface area contributed by atoms with E-state index in [4.69, 9.17) is 14.6 Å². The van der Waals surface area contributed by atoms with Crippen molar-refractivity contribution in [3.05, 3.63) is 0 Å². The lowest BCUT2D eigenvalue weighted by Gasteiger charge is -2.17. The third kappa shape index (κ3) is 6.40. The molecule has 2 unspecified atom stereocenters. The maximum Gasteiger partial charge on any atom is 0.335 e. The molecule has 0 aromatic rings. The SMILES string of the molecule is CCC(C)OC(=O)C(CCCC(=O)O)OC. The van der Waals surface area contributed by atoms with Gasteiger partial charge in [-0.15, -0.1) is 0 Å². The van der Waals surface area contributed by atoms with Gasteiger partial charge >= 0.3 is 11.9 Å². The molecule has 0 aromatic heterocycles. The van der Waals surface area contributed by atoms with Crippen LogP contribution in [0.3, 0.4) is 0 Å². The molecule has 2 atom stereocenters. The Kier molecular flexibility index (Phi) is 7.54.